The number of hydrogen-bond donors (Lipinski definition) is 2. The van der Waals surface area contributed by atoms with Crippen LogP contribution in [-0.4, -0.2) is 107 Å². The van der Waals surface area contributed by atoms with Crippen LogP contribution in [0.4, 0.5) is 28.4 Å². The van der Waals surface area contributed by atoms with Gasteiger partial charge < -0.3 is 29.9 Å². The normalized spacial score (nSPS) is 26.5. The number of halogens is 4. The molecule has 1 saturated carbocycles. The smallest absolute Gasteiger partial charge is 0.420 e. The second-order valence-electron chi connectivity index (χ2n) is 14.5. The van der Waals surface area contributed by atoms with Crippen LogP contribution < -0.4 is 5.32 Å². The number of likely N-dealkylation sites (tertiary alicyclic amines) is 3. The molecule has 2 aromatic carbocycles. The monoisotopic (exact) mass is 717 g/mol. The van der Waals surface area contributed by atoms with Gasteiger partial charge in [-0.15, -0.1) is 0 Å². The van der Waals surface area contributed by atoms with Crippen molar-refractivity contribution in [1.29, 1.82) is 0 Å². The highest BCUT2D eigenvalue weighted by Crippen LogP contribution is 2.48. The van der Waals surface area contributed by atoms with Crippen LogP contribution in [-0.2, 0) is 28.5 Å². The van der Waals surface area contributed by atoms with Crippen molar-refractivity contribution in [3.8, 4) is 5.75 Å². The topological polar surface area (TPSA) is 105 Å². The molecule has 3 saturated heterocycles. The number of rotatable bonds is 6. The molecule has 1 aliphatic carbocycles. The summed E-state index contributed by atoms with van der Waals surface area (Å²) in [6, 6.07) is 10.7. The van der Waals surface area contributed by atoms with Crippen LogP contribution in [0.3, 0.4) is 0 Å². The largest absolute Gasteiger partial charge is 0.506 e. The molecule has 2 unspecified atom stereocenters. The quantitative estimate of drug-likeness (QED) is 0.356. The summed E-state index contributed by atoms with van der Waals surface area (Å²) in [5, 5.41) is 12.5. The Labute approximate surface area is 294 Å². The minimum atomic E-state index is -4.88. The molecule has 50 heavy (non-hydrogen) atoms. The van der Waals surface area contributed by atoms with Crippen molar-refractivity contribution in [2.75, 3.05) is 45.1 Å². The van der Waals surface area contributed by atoms with Gasteiger partial charge in [-0.2, -0.15) is 13.2 Å². The van der Waals surface area contributed by atoms with Crippen LogP contribution in [0.25, 0.3) is 0 Å². The van der Waals surface area contributed by atoms with Gasteiger partial charge in [0, 0.05) is 63.0 Å². The Hall–Kier alpha value is -3.71. The summed E-state index contributed by atoms with van der Waals surface area (Å²) >= 11 is 5.99. The maximum atomic E-state index is 14.0. The Morgan fingerprint density at radius 2 is 1.64 bits per heavy atom. The first-order valence-electron chi connectivity index (χ1n) is 17.6. The number of alkyl halides is 3. The number of urea groups is 1. The van der Waals surface area contributed by atoms with E-state index >= 15 is 0 Å². The fourth-order valence-corrected chi connectivity index (χ4v) is 8.94. The molecular weight excluding hydrogens is 675 g/mol. The SMILES string of the molecule is CN1C2CC(C3CCN(C(=O)[C@@H](Cc4cc(Cl)c(O)c(C(F)(F)F)c4)OC(=O)N4CCC(N5CCc6ccccc6NC5=O)CC4)CC3)CC21. The van der Waals surface area contributed by atoms with E-state index in [4.69, 9.17) is 16.3 Å². The van der Waals surface area contributed by atoms with Gasteiger partial charge >= 0.3 is 18.3 Å². The lowest BCUT2D eigenvalue weighted by atomic mass is 9.82. The number of piperidine rings is 3. The number of amides is 4. The molecule has 14 heteroatoms. The molecule has 2 N–H and O–H groups in total. The van der Waals surface area contributed by atoms with Gasteiger partial charge in [0.25, 0.3) is 5.91 Å². The van der Waals surface area contributed by atoms with Crippen molar-refractivity contribution in [3.63, 3.8) is 0 Å². The molecule has 4 amide bonds. The van der Waals surface area contributed by atoms with E-state index in [0.717, 1.165) is 30.2 Å². The Bertz CT molecular complexity index is 1620. The third-order valence-corrected chi connectivity index (χ3v) is 12.0. The van der Waals surface area contributed by atoms with Crippen molar-refractivity contribution >= 4 is 35.3 Å². The van der Waals surface area contributed by atoms with Gasteiger partial charge in [-0.05, 0) is 93.2 Å². The predicted molar refractivity (Wildman–Crippen MR) is 180 cm³/mol. The first kappa shape index (κ1) is 34.7. The number of carbonyl (C=O) groups is 3. The van der Waals surface area contributed by atoms with Crippen LogP contribution in [0.15, 0.2) is 36.4 Å². The average molecular weight is 718 g/mol. The molecule has 4 heterocycles. The van der Waals surface area contributed by atoms with E-state index in [9.17, 15) is 32.7 Å². The Morgan fingerprint density at radius 1 is 0.980 bits per heavy atom. The molecule has 5 aliphatic rings. The fraction of sp³-hybridized carbons (Fsp3) is 0.583. The zero-order chi connectivity index (χ0) is 35.3. The fourth-order valence-electron chi connectivity index (χ4n) is 8.69. The predicted octanol–water partition coefficient (Wildman–Crippen LogP) is 6.00. The molecule has 2 aromatic rings. The van der Waals surface area contributed by atoms with Gasteiger partial charge in [-0.25, -0.2) is 9.59 Å². The molecule has 0 aromatic heterocycles. The van der Waals surface area contributed by atoms with Crippen LogP contribution in [0.2, 0.25) is 5.02 Å². The standard InChI is InChI=1S/C36H43ClF3N5O5/c1-42-29-19-24(20-30(29)42)22-6-11-43(12-7-22)33(47)31(18-21-16-26(36(38,39)40)32(46)27(37)17-21)50-35(49)44-13-9-25(10-14-44)45-15-8-23-4-2-3-5-28(23)41-34(45)48/h2-5,16-17,22,24-25,29-31,46H,6-15,18-20H2,1H3,(H,41,48)/t24?,29?,30?,31-,42?/m1/s1. The lowest BCUT2D eigenvalue weighted by Crippen LogP contribution is -2.51. The third kappa shape index (κ3) is 7.08. The van der Waals surface area contributed by atoms with Crippen molar-refractivity contribution in [3.05, 3.63) is 58.1 Å². The van der Waals surface area contributed by atoms with Crippen molar-refractivity contribution in [1.82, 2.24) is 19.6 Å². The summed E-state index contributed by atoms with van der Waals surface area (Å²) in [5.41, 5.74) is 0.550. The van der Waals surface area contributed by atoms with E-state index in [0.29, 0.717) is 62.8 Å². The number of ether oxygens (including phenoxy) is 1. The Kier molecular flexibility index (Phi) is 9.57. The number of aromatic hydroxyl groups is 1. The molecule has 0 spiro atoms. The van der Waals surface area contributed by atoms with E-state index in [1.807, 2.05) is 24.3 Å². The number of likely N-dealkylation sites (N-methyl/N-ethyl adjacent to an activating group) is 1. The van der Waals surface area contributed by atoms with Crippen molar-refractivity contribution < 1.29 is 37.4 Å². The number of fused-ring (bicyclic) bond motifs is 2. The summed E-state index contributed by atoms with van der Waals surface area (Å²) in [6.45, 7) is 2.08. The van der Waals surface area contributed by atoms with Crippen LogP contribution >= 0.6 is 11.6 Å². The zero-order valence-corrected chi connectivity index (χ0v) is 28.8. The van der Waals surface area contributed by atoms with Crippen molar-refractivity contribution in [2.45, 2.75) is 81.8 Å². The molecule has 3 atom stereocenters. The zero-order valence-electron chi connectivity index (χ0n) is 28.0. The molecule has 4 fully saturated rings. The number of para-hydroxylation sites is 1. The minimum Gasteiger partial charge on any atom is -0.506 e. The van der Waals surface area contributed by atoms with E-state index in [-0.39, 0.29) is 37.1 Å². The second-order valence-corrected chi connectivity index (χ2v) is 14.9. The number of nitrogens with zero attached hydrogens (tertiary/aromatic N) is 4. The summed E-state index contributed by atoms with van der Waals surface area (Å²) < 4.78 is 47.0. The van der Waals surface area contributed by atoms with Crippen LogP contribution in [0.5, 0.6) is 5.75 Å². The number of hydrogen-bond acceptors (Lipinski definition) is 6. The molecule has 0 bridgehead atoms. The highest BCUT2D eigenvalue weighted by Gasteiger charge is 2.53. The first-order valence-corrected chi connectivity index (χ1v) is 18.0. The van der Waals surface area contributed by atoms with Gasteiger partial charge in [-0.3, -0.25) is 9.69 Å². The van der Waals surface area contributed by atoms with Gasteiger partial charge in [-0.1, -0.05) is 29.8 Å². The minimum absolute atomic E-state index is 0.0161. The van der Waals surface area contributed by atoms with Crippen molar-refractivity contribution in [2.24, 2.45) is 11.8 Å². The number of carbonyl (C=O) groups excluding carboxylic acids is 3. The highest BCUT2D eigenvalue weighted by atomic mass is 35.5. The number of nitrogens with one attached hydrogen (secondary N) is 1. The number of phenols is 1. The Morgan fingerprint density at radius 3 is 2.32 bits per heavy atom. The van der Waals surface area contributed by atoms with Gasteiger partial charge in [0.15, 0.2) is 6.10 Å². The molecule has 0 radical (unpaired) electrons. The van der Waals surface area contributed by atoms with Gasteiger partial charge in [0.1, 0.15) is 5.75 Å². The molecule has 10 nitrogen and oxygen atoms in total. The number of anilines is 1. The second kappa shape index (κ2) is 13.8. The molecular formula is C36H43ClF3N5O5. The van der Waals surface area contributed by atoms with Gasteiger partial charge in [0.2, 0.25) is 0 Å². The van der Waals surface area contributed by atoms with E-state index in [1.165, 1.54) is 23.8 Å². The summed E-state index contributed by atoms with van der Waals surface area (Å²) in [7, 11) is 2.16. The lowest BCUT2D eigenvalue weighted by molar-refractivity contribution is -0.142. The van der Waals surface area contributed by atoms with Crippen LogP contribution in [0.1, 0.15) is 55.2 Å². The number of benzene rings is 2. The molecule has 7 rings (SSSR count). The maximum Gasteiger partial charge on any atom is 0.420 e. The summed E-state index contributed by atoms with van der Waals surface area (Å²) in [6.07, 6.45) is -1.62. The molecule has 270 valence electrons. The number of phenolic OH excluding ortho intramolecular Hbond substituents is 1. The summed E-state index contributed by atoms with van der Waals surface area (Å²) in [5.74, 6) is -0.413. The summed E-state index contributed by atoms with van der Waals surface area (Å²) in [4.78, 5) is 47.9. The average Bonchev–Trinajstić information content (AvgIpc) is 3.51. The first-order chi connectivity index (χ1) is 23.9. The third-order valence-electron chi connectivity index (χ3n) is 11.7. The van der Waals surface area contributed by atoms with Gasteiger partial charge in [0.05, 0.1) is 10.6 Å². The highest BCUT2D eigenvalue weighted by molar-refractivity contribution is 6.32. The lowest BCUT2D eigenvalue weighted by Gasteiger charge is -2.39. The molecule has 4 aliphatic heterocycles. The van der Waals surface area contributed by atoms with E-state index in [2.05, 4.69) is 17.3 Å². The van der Waals surface area contributed by atoms with E-state index < -0.39 is 40.6 Å². The maximum absolute atomic E-state index is 14.0. The van der Waals surface area contributed by atoms with Crippen LogP contribution in [0, 0.1) is 11.8 Å². The Balaban J connectivity index is 1.01. The van der Waals surface area contributed by atoms with E-state index in [1.54, 1.807) is 9.80 Å².